The molecule has 4 nitrogen and oxygen atoms in total. The Kier molecular flexibility index (Phi) is 6.58. The number of halogens is 3. The van der Waals surface area contributed by atoms with E-state index in [0.717, 1.165) is 27.5 Å². The number of aromatic nitrogens is 1. The van der Waals surface area contributed by atoms with Gasteiger partial charge in [-0.3, -0.25) is 9.69 Å². The van der Waals surface area contributed by atoms with Crippen molar-refractivity contribution in [2.45, 2.75) is 6.54 Å². The molecule has 0 spiro atoms. The smallest absolute Gasteiger partial charge is 0.266 e. The van der Waals surface area contributed by atoms with Crippen molar-refractivity contribution in [1.82, 2.24) is 9.47 Å². The SMILES string of the molecule is CN1C(=O)C(=Cc2cn(Cc3ccccc3)c3ccc(Br)cc23)SC1=Nc1ccc(Cl)c(Cl)c1. The second-order valence-corrected chi connectivity index (χ2v) is 10.6. The molecule has 1 aliphatic heterocycles. The van der Waals surface area contributed by atoms with Gasteiger partial charge in [0.05, 0.1) is 20.6 Å². The number of thioether (sulfide) groups is 1. The first-order valence-electron chi connectivity index (χ1n) is 10.4. The van der Waals surface area contributed by atoms with Gasteiger partial charge in [-0.25, -0.2) is 4.99 Å². The number of rotatable bonds is 4. The average Bonchev–Trinajstić information content (AvgIpc) is 3.28. The normalized spacial score (nSPS) is 16.4. The van der Waals surface area contributed by atoms with Crippen molar-refractivity contribution in [3.8, 4) is 0 Å². The second-order valence-electron chi connectivity index (χ2n) is 7.83. The molecule has 1 aromatic heterocycles. The average molecular weight is 571 g/mol. The van der Waals surface area contributed by atoms with Crippen LogP contribution in [0.1, 0.15) is 11.1 Å². The Morgan fingerprint density at radius 2 is 1.82 bits per heavy atom. The predicted octanol–water partition coefficient (Wildman–Crippen LogP) is 7.99. The van der Waals surface area contributed by atoms with E-state index in [1.54, 1.807) is 30.1 Å². The summed E-state index contributed by atoms with van der Waals surface area (Å²) in [6.45, 7) is 0.743. The van der Waals surface area contributed by atoms with Crippen molar-refractivity contribution >= 4 is 84.6 Å². The molecule has 4 aromatic rings. The van der Waals surface area contributed by atoms with Crippen LogP contribution in [0.2, 0.25) is 10.0 Å². The fourth-order valence-corrected chi connectivity index (χ4v) is 5.41. The van der Waals surface area contributed by atoms with E-state index in [1.807, 2.05) is 30.3 Å². The third-order valence-electron chi connectivity index (χ3n) is 5.49. The number of amidine groups is 1. The lowest BCUT2D eigenvalue weighted by atomic mass is 10.1. The van der Waals surface area contributed by atoms with Crippen LogP contribution in [0.4, 0.5) is 5.69 Å². The van der Waals surface area contributed by atoms with Gasteiger partial charge >= 0.3 is 0 Å². The van der Waals surface area contributed by atoms with E-state index in [1.165, 1.54) is 17.3 Å². The first-order valence-corrected chi connectivity index (χ1v) is 12.8. The fraction of sp³-hybridized carbons (Fsp3) is 0.0769. The molecule has 0 N–H and O–H groups in total. The fourth-order valence-electron chi connectivity index (χ4n) is 3.78. The van der Waals surface area contributed by atoms with Gasteiger partial charge in [0, 0.05) is 40.7 Å². The number of likely N-dealkylation sites (N-methyl/N-ethyl adjacent to an activating group) is 1. The van der Waals surface area contributed by atoms with Crippen molar-refractivity contribution in [2.75, 3.05) is 7.05 Å². The van der Waals surface area contributed by atoms with E-state index in [4.69, 9.17) is 23.2 Å². The van der Waals surface area contributed by atoms with Crippen LogP contribution >= 0.6 is 50.9 Å². The van der Waals surface area contributed by atoms with E-state index in [-0.39, 0.29) is 5.91 Å². The molecule has 1 fully saturated rings. The van der Waals surface area contributed by atoms with Crippen LogP contribution in [0.25, 0.3) is 17.0 Å². The summed E-state index contributed by atoms with van der Waals surface area (Å²) in [5.74, 6) is -0.0947. The molecule has 0 unspecified atom stereocenters. The zero-order valence-electron chi connectivity index (χ0n) is 18.0. The second kappa shape index (κ2) is 9.62. The van der Waals surface area contributed by atoms with Crippen LogP contribution < -0.4 is 0 Å². The Morgan fingerprint density at radius 3 is 2.59 bits per heavy atom. The summed E-state index contributed by atoms with van der Waals surface area (Å²) in [4.78, 5) is 19.8. The van der Waals surface area contributed by atoms with Gasteiger partial charge in [0.15, 0.2) is 5.17 Å². The molecule has 1 saturated heterocycles. The molecule has 2 heterocycles. The van der Waals surface area contributed by atoms with Crippen molar-refractivity contribution in [2.24, 2.45) is 4.99 Å². The standard InChI is InChI=1S/C26H18BrCl2N3OS/c1-31-25(33)24(34-26(31)30-19-8-9-21(28)22(29)13-19)11-17-15-32(14-16-5-3-2-4-6-16)23-10-7-18(27)12-20(17)23/h2-13,15H,14H2,1H3. The maximum absolute atomic E-state index is 13.0. The summed E-state index contributed by atoms with van der Waals surface area (Å²) >= 11 is 17.1. The highest BCUT2D eigenvalue weighted by Crippen LogP contribution is 2.36. The molecule has 34 heavy (non-hydrogen) atoms. The predicted molar refractivity (Wildman–Crippen MR) is 147 cm³/mol. The number of hydrogen-bond donors (Lipinski definition) is 0. The lowest BCUT2D eigenvalue weighted by Gasteiger charge is -2.07. The Bertz CT molecular complexity index is 1480. The van der Waals surface area contributed by atoms with Crippen molar-refractivity contribution in [1.29, 1.82) is 0 Å². The Morgan fingerprint density at radius 1 is 1.03 bits per heavy atom. The maximum Gasteiger partial charge on any atom is 0.266 e. The van der Waals surface area contributed by atoms with Crippen molar-refractivity contribution in [3.63, 3.8) is 0 Å². The summed E-state index contributed by atoms with van der Waals surface area (Å²) in [5.41, 5.74) is 3.93. The summed E-state index contributed by atoms with van der Waals surface area (Å²) in [6.07, 6.45) is 4.04. The first kappa shape index (κ1) is 23.2. The molecule has 1 aliphatic rings. The van der Waals surface area contributed by atoms with Crippen LogP contribution in [0.5, 0.6) is 0 Å². The van der Waals surface area contributed by atoms with Gasteiger partial charge in [-0.1, -0.05) is 69.5 Å². The molecule has 0 aliphatic carbocycles. The third-order valence-corrected chi connectivity index (χ3v) is 7.78. The van der Waals surface area contributed by atoms with Gasteiger partial charge in [0.2, 0.25) is 0 Å². The zero-order chi connectivity index (χ0) is 23.8. The third kappa shape index (κ3) is 4.68. The lowest BCUT2D eigenvalue weighted by Crippen LogP contribution is -2.23. The van der Waals surface area contributed by atoms with Gasteiger partial charge < -0.3 is 4.57 Å². The van der Waals surface area contributed by atoms with E-state index in [2.05, 4.69) is 56.0 Å². The topological polar surface area (TPSA) is 37.6 Å². The number of aliphatic imine (C=N–C) groups is 1. The Hall–Kier alpha value is -2.51. The van der Waals surface area contributed by atoms with E-state index < -0.39 is 0 Å². The van der Waals surface area contributed by atoms with Gasteiger partial charge in [-0.05, 0) is 59.8 Å². The molecular formula is C26H18BrCl2N3OS. The van der Waals surface area contributed by atoms with Crippen LogP contribution in [0.3, 0.4) is 0 Å². The molecule has 170 valence electrons. The minimum absolute atomic E-state index is 0.0947. The highest BCUT2D eigenvalue weighted by Gasteiger charge is 2.30. The highest BCUT2D eigenvalue weighted by atomic mass is 79.9. The quantitative estimate of drug-likeness (QED) is 0.233. The number of nitrogens with zero attached hydrogens (tertiary/aromatic N) is 3. The monoisotopic (exact) mass is 569 g/mol. The van der Waals surface area contributed by atoms with Crippen LogP contribution in [0, 0.1) is 0 Å². The van der Waals surface area contributed by atoms with E-state index in [9.17, 15) is 4.79 Å². The molecule has 1 amide bonds. The largest absolute Gasteiger partial charge is 0.342 e. The van der Waals surface area contributed by atoms with E-state index in [0.29, 0.717) is 25.8 Å². The first-order chi connectivity index (χ1) is 16.4. The van der Waals surface area contributed by atoms with Crippen molar-refractivity contribution < 1.29 is 4.79 Å². The number of carbonyl (C=O) groups excluding carboxylic acids is 1. The van der Waals surface area contributed by atoms with Crippen LogP contribution in [-0.2, 0) is 11.3 Å². The molecule has 0 atom stereocenters. The number of carbonyl (C=O) groups is 1. The summed E-state index contributed by atoms with van der Waals surface area (Å²) < 4.78 is 3.20. The lowest BCUT2D eigenvalue weighted by molar-refractivity contribution is -0.121. The zero-order valence-corrected chi connectivity index (χ0v) is 21.9. The number of fused-ring (bicyclic) bond motifs is 1. The van der Waals surface area contributed by atoms with Crippen molar-refractivity contribution in [3.05, 3.63) is 103 Å². The maximum atomic E-state index is 13.0. The van der Waals surface area contributed by atoms with Crippen LogP contribution in [0.15, 0.2) is 87.3 Å². The Balaban J connectivity index is 1.52. The number of benzene rings is 3. The van der Waals surface area contributed by atoms with Gasteiger partial charge in [0.1, 0.15) is 0 Å². The molecule has 5 rings (SSSR count). The molecule has 8 heteroatoms. The van der Waals surface area contributed by atoms with Gasteiger partial charge in [-0.15, -0.1) is 0 Å². The number of amides is 1. The summed E-state index contributed by atoms with van der Waals surface area (Å²) in [5, 5.41) is 2.55. The molecular weight excluding hydrogens is 553 g/mol. The molecule has 3 aromatic carbocycles. The van der Waals surface area contributed by atoms with Crippen LogP contribution in [-0.4, -0.2) is 27.6 Å². The molecule has 0 saturated carbocycles. The summed E-state index contributed by atoms with van der Waals surface area (Å²) in [6, 6.07) is 21.7. The van der Waals surface area contributed by atoms with Gasteiger partial charge in [0.25, 0.3) is 5.91 Å². The highest BCUT2D eigenvalue weighted by molar-refractivity contribution is 9.10. The minimum atomic E-state index is -0.0947. The van der Waals surface area contributed by atoms with E-state index >= 15 is 0 Å². The number of hydrogen-bond acceptors (Lipinski definition) is 3. The van der Waals surface area contributed by atoms with Gasteiger partial charge in [-0.2, -0.15) is 0 Å². The molecule has 0 bridgehead atoms. The summed E-state index contributed by atoms with van der Waals surface area (Å²) in [7, 11) is 1.72. The molecule has 0 radical (unpaired) electrons. The minimum Gasteiger partial charge on any atom is -0.342 e. The Labute approximate surface area is 220 Å².